The van der Waals surface area contributed by atoms with Crippen molar-refractivity contribution in [3.63, 3.8) is 0 Å². The van der Waals surface area contributed by atoms with Crippen LogP contribution in [0.4, 0.5) is 4.39 Å². The molecule has 1 aromatic carbocycles. The van der Waals surface area contributed by atoms with Crippen LogP contribution in [0.3, 0.4) is 0 Å². The normalized spacial score (nSPS) is 21.1. The van der Waals surface area contributed by atoms with Crippen LogP contribution in [0.25, 0.3) is 0 Å². The summed E-state index contributed by atoms with van der Waals surface area (Å²) >= 11 is 0. The number of nitrogens with two attached hydrogens (primary N) is 1. The average Bonchev–Trinajstić information content (AvgIpc) is 3.28. The Labute approximate surface area is 123 Å². The quantitative estimate of drug-likeness (QED) is 0.918. The highest BCUT2D eigenvalue weighted by Crippen LogP contribution is 2.50. The maximum Gasteiger partial charge on any atom is 0.233 e. The largest absolute Gasteiger partial charge is 0.369 e. The molecule has 1 saturated carbocycles. The Balaban J connectivity index is 1.75. The van der Waals surface area contributed by atoms with Crippen LogP contribution in [0.15, 0.2) is 24.3 Å². The Morgan fingerprint density at radius 2 is 1.81 bits per heavy atom. The van der Waals surface area contributed by atoms with Crippen molar-refractivity contribution in [1.82, 2.24) is 4.90 Å². The van der Waals surface area contributed by atoms with Gasteiger partial charge in [0.15, 0.2) is 0 Å². The molecule has 4 nitrogen and oxygen atoms in total. The van der Waals surface area contributed by atoms with E-state index in [-0.39, 0.29) is 23.5 Å². The smallest absolute Gasteiger partial charge is 0.233 e. The van der Waals surface area contributed by atoms with Crippen molar-refractivity contribution >= 4 is 11.8 Å². The Bertz CT molecular complexity index is 575. The number of benzene rings is 1. The first kappa shape index (κ1) is 14.0. The molecule has 1 aliphatic heterocycles. The van der Waals surface area contributed by atoms with Crippen molar-refractivity contribution in [3.8, 4) is 0 Å². The minimum Gasteiger partial charge on any atom is -0.369 e. The standard InChI is InChI=1S/C16H19FN2O2/c17-13-4-2-1-3-12(13)16(7-8-16)15(21)19-9-5-11(6-10-19)14(18)20/h1-4,11H,5-10H2,(H2,18,20). The van der Waals surface area contributed by atoms with E-state index in [4.69, 9.17) is 5.73 Å². The third-order valence-corrected chi connectivity index (χ3v) is 4.73. The molecule has 2 fully saturated rings. The van der Waals surface area contributed by atoms with E-state index < -0.39 is 5.41 Å². The van der Waals surface area contributed by atoms with Crippen LogP contribution in [0, 0.1) is 11.7 Å². The van der Waals surface area contributed by atoms with Crippen LogP contribution < -0.4 is 5.73 Å². The number of hydrogen-bond donors (Lipinski definition) is 1. The molecule has 0 bridgehead atoms. The maximum absolute atomic E-state index is 14.0. The molecule has 1 saturated heterocycles. The Morgan fingerprint density at radius 1 is 1.19 bits per heavy atom. The van der Waals surface area contributed by atoms with Gasteiger partial charge in [-0.05, 0) is 31.7 Å². The second-order valence-corrected chi connectivity index (χ2v) is 6.03. The molecule has 0 unspecified atom stereocenters. The number of hydrogen-bond acceptors (Lipinski definition) is 2. The summed E-state index contributed by atoms with van der Waals surface area (Å²) in [4.78, 5) is 25.7. The molecule has 0 atom stereocenters. The van der Waals surface area contributed by atoms with E-state index in [1.165, 1.54) is 6.07 Å². The molecule has 0 spiro atoms. The summed E-state index contributed by atoms with van der Waals surface area (Å²) in [6.07, 6.45) is 2.61. The first-order chi connectivity index (χ1) is 10.0. The SMILES string of the molecule is NC(=O)C1CCN(C(=O)C2(c3ccccc3F)CC2)CC1. The second kappa shape index (κ2) is 5.13. The van der Waals surface area contributed by atoms with E-state index >= 15 is 0 Å². The zero-order valence-corrected chi connectivity index (χ0v) is 11.8. The maximum atomic E-state index is 14.0. The van der Waals surface area contributed by atoms with Crippen LogP contribution in [0.1, 0.15) is 31.2 Å². The average molecular weight is 290 g/mol. The van der Waals surface area contributed by atoms with Crippen LogP contribution >= 0.6 is 0 Å². The summed E-state index contributed by atoms with van der Waals surface area (Å²) in [6, 6.07) is 6.52. The minimum atomic E-state index is -0.676. The minimum absolute atomic E-state index is 0.00415. The van der Waals surface area contributed by atoms with E-state index in [0.717, 1.165) is 0 Å². The predicted molar refractivity (Wildman–Crippen MR) is 75.8 cm³/mol. The summed E-state index contributed by atoms with van der Waals surface area (Å²) < 4.78 is 14.0. The van der Waals surface area contributed by atoms with Gasteiger partial charge < -0.3 is 10.6 Å². The fourth-order valence-corrected chi connectivity index (χ4v) is 3.24. The molecule has 0 aromatic heterocycles. The molecule has 5 heteroatoms. The number of nitrogens with zero attached hydrogens (tertiary/aromatic N) is 1. The van der Waals surface area contributed by atoms with Crippen molar-refractivity contribution in [1.29, 1.82) is 0 Å². The lowest BCUT2D eigenvalue weighted by molar-refractivity contribution is -0.137. The number of rotatable bonds is 3. The molecular weight excluding hydrogens is 271 g/mol. The van der Waals surface area contributed by atoms with Crippen LogP contribution in [0.2, 0.25) is 0 Å². The summed E-state index contributed by atoms with van der Waals surface area (Å²) in [5.74, 6) is -0.749. The van der Waals surface area contributed by atoms with Gasteiger partial charge in [0.25, 0.3) is 0 Å². The van der Waals surface area contributed by atoms with Gasteiger partial charge in [0.2, 0.25) is 11.8 Å². The molecular formula is C16H19FN2O2. The van der Waals surface area contributed by atoms with Gasteiger partial charge in [-0.25, -0.2) is 4.39 Å². The monoisotopic (exact) mass is 290 g/mol. The predicted octanol–water partition coefficient (Wildman–Crippen LogP) is 1.58. The van der Waals surface area contributed by atoms with Gasteiger partial charge in [-0.3, -0.25) is 9.59 Å². The molecule has 2 amide bonds. The van der Waals surface area contributed by atoms with Gasteiger partial charge in [-0.15, -0.1) is 0 Å². The number of carbonyl (C=O) groups excluding carboxylic acids is 2. The third kappa shape index (κ3) is 2.41. The lowest BCUT2D eigenvalue weighted by Gasteiger charge is -2.33. The summed E-state index contributed by atoms with van der Waals surface area (Å²) in [6.45, 7) is 1.06. The topological polar surface area (TPSA) is 63.4 Å². The third-order valence-electron chi connectivity index (χ3n) is 4.73. The number of amides is 2. The van der Waals surface area contributed by atoms with Crippen molar-refractivity contribution in [3.05, 3.63) is 35.6 Å². The number of primary amides is 1. The molecule has 1 aliphatic carbocycles. The van der Waals surface area contributed by atoms with E-state index in [2.05, 4.69) is 0 Å². The fourth-order valence-electron chi connectivity index (χ4n) is 3.24. The Morgan fingerprint density at radius 3 is 2.33 bits per heavy atom. The van der Waals surface area contributed by atoms with Gasteiger partial charge in [0.1, 0.15) is 5.82 Å². The lowest BCUT2D eigenvalue weighted by atomic mass is 9.91. The zero-order valence-electron chi connectivity index (χ0n) is 11.8. The highest BCUT2D eigenvalue weighted by Gasteiger charge is 2.54. The van der Waals surface area contributed by atoms with Crippen LogP contribution in [-0.2, 0) is 15.0 Å². The fraction of sp³-hybridized carbons (Fsp3) is 0.500. The number of carbonyl (C=O) groups is 2. The molecule has 1 aromatic rings. The number of halogens is 1. The van der Waals surface area contributed by atoms with Crippen LogP contribution in [0.5, 0.6) is 0 Å². The Hall–Kier alpha value is -1.91. The zero-order chi connectivity index (χ0) is 15.0. The first-order valence-electron chi connectivity index (χ1n) is 7.38. The van der Waals surface area contributed by atoms with E-state index in [9.17, 15) is 14.0 Å². The van der Waals surface area contributed by atoms with Crippen molar-refractivity contribution in [2.24, 2.45) is 11.7 Å². The van der Waals surface area contributed by atoms with E-state index in [1.54, 1.807) is 23.1 Å². The van der Waals surface area contributed by atoms with Gasteiger partial charge >= 0.3 is 0 Å². The van der Waals surface area contributed by atoms with E-state index in [1.807, 2.05) is 0 Å². The molecule has 3 rings (SSSR count). The van der Waals surface area contributed by atoms with Gasteiger partial charge in [0.05, 0.1) is 5.41 Å². The molecule has 112 valence electrons. The number of piperidine rings is 1. The van der Waals surface area contributed by atoms with Crippen molar-refractivity contribution in [2.75, 3.05) is 13.1 Å². The molecule has 1 heterocycles. The highest BCUT2D eigenvalue weighted by molar-refractivity contribution is 5.91. The highest BCUT2D eigenvalue weighted by atomic mass is 19.1. The van der Waals surface area contributed by atoms with E-state index in [0.29, 0.717) is 44.3 Å². The second-order valence-electron chi connectivity index (χ2n) is 6.03. The summed E-state index contributed by atoms with van der Waals surface area (Å²) in [7, 11) is 0. The van der Waals surface area contributed by atoms with Gasteiger partial charge in [0, 0.05) is 24.6 Å². The molecule has 2 aliphatic rings. The van der Waals surface area contributed by atoms with Gasteiger partial charge in [-0.2, -0.15) is 0 Å². The van der Waals surface area contributed by atoms with Crippen LogP contribution in [-0.4, -0.2) is 29.8 Å². The molecule has 0 radical (unpaired) electrons. The summed E-state index contributed by atoms with van der Waals surface area (Å²) in [5.41, 5.74) is 5.14. The van der Waals surface area contributed by atoms with Crippen molar-refractivity contribution in [2.45, 2.75) is 31.1 Å². The Kier molecular flexibility index (Phi) is 3.43. The molecule has 2 N–H and O–H groups in total. The summed E-state index contributed by atoms with van der Waals surface area (Å²) in [5, 5.41) is 0. The number of likely N-dealkylation sites (tertiary alicyclic amines) is 1. The van der Waals surface area contributed by atoms with Crippen molar-refractivity contribution < 1.29 is 14.0 Å². The van der Waals surface area contributed by atoms with Gasteiger partial charge in [-0.1, -0.05) is 18.2 Å². The lowest BCUT2D eigenvalue weighted by Crippen LogP contribution is -2.46. The first-order valence-corrected chi connectivity index (χ1v) is 7.38. The molecule has 21 heavy (non-hydrogen) atoms.